The summed E-state index contributed by atoms with van der Waals surface area (Å²) < 4.78 is 7.81. The molecule has 2 aliphatic rings. The first-order valence-corrected chi connectivity index (χ1v) is 9.54. The van der Waals surface area contributed by atoms with Gasteiger partial charge in [-0.15, -0.1) is 5.10 Å². The number of hydrogen-bond acceptors (Lipinski definition) is 7. The third kappa shape index (κ3) is 3.20. The van der Waals surface area contributed by atoms with E-state index in [0.29, 0.717) is 17.3 Å². The van der Waals surface area contributed by atoms with Crippen LogP contribution in [-0.4, -0.2) is 47.5 Å². The third-order valence-corrected chi connectivity index (χ3v) is 5.70. The van der Waals surface area contributed by atoms with Crippen molar-refractivity contribution >= 4 is 0 Å². The van der Waals surface area contributed by atoms with Gasteiger partial charge < -0.3 is 19.7 Å². The first-order valence-electron chi connectivity index (χ1n) is 9.54. The number of ether oxygens (including phenoxy) is 1. The van der Waals surface area contributed by atoms with Crippen molar-refractivity contribution in [2.45, 2.75) is 50.3 Å². The molecule has 2 N–H and O–H groups in total. The van der Waals surface area contributed by atoms with Crippen LogP contribution in [0.3, 0.4) is 0 Å². The van der Waals surface area contributed by atoms with Gasteiger partial charge in [0.05, 0.1) is 18.2 Å². The van der Waals surface area contributed by atoms with E-state index in [-0.39, 0.29) is 23.4 Å². The van der Waals surface area contributed by atoms with E-state index in [0.717, 1.165) is 18.5 Å². The van der Waals surface area contributed by atoms with Crippen molar-refractivity contribution < 1.29 is 9.84 Å². The lowest BCUT2D eigenvalue weighted by Gasteiger charge is -2.35. The molecule has 28 heavy (non-hydrogen) atoms. The highest BCUT2D eigenvalue weighted by atomic mass is 16.5. The Bertz CT molecular complexity index is 975. The molecule has 8 nitrogen and oxygen atoms in total. The first-order chi connectivity index (χ1) is 13.6. The molecule has 2 fully saturated rings. The fourth-order valence-corrected chi connectivity index (χ4v) is 4.36. The van der Waals surface area contributed by atoms with Crippen molar-refractivity contribution in [1.82, 2.24) is 30.0 Å². The Morgan fingerprint density at radius 1 is 1.32 bits per heavy atom. The molecule has 5 rings (SSSR count). The number of piperidine rings is 1. The van der Waals surface area contributed by atoms with Crippen LogP contribution in [0.15, 0.2) is 43.1 Å². The maximum Gasteiger partial charge on any atom is 0.335 e. The highest BCUT2D eigenvalue weighted by Crippen LogP contribution is 2.36. The van der Waals surface area contributed by atoms with E-state index in [4.69, 9.17) is 4.74 Å². The maximum absolute atomic E-state index is 10.4. The van der Waals surface area contributed by atoms with Gasteiger partial charge in [0, 0.05) is 42.0 Å². The molecular weight excluding hydrogens is 356 g/mol. The van der Waals surface area contributed by atoms with Gasteiger partial charge in [0.2, 0.25) is 0 Å². The van der Waals surface area contributed by atoms with E-state index < -0.39 is 0 Å². The monoisotopic (exact) mass is 378 g/mol. The Kier molecular flexibility index (Phi) is 4.01. The quantitative estimate of drug-likeness (QED) is 0.720. The van der Waals surface area contributed by atoms with Gasteiger partial charge in [-0.3, -0.25) is 0 Å². The predicted octanol–water partition coefficient (Wildman–Crippen LogP) is 2.48. The molecule has 0 aliphatic carbocycles. The first kappa shape index (κ1) is 17.1. The van der Waals surface area contributed by atoms with Crippen LogP contribution in [-0.2, 0) is 0 Å². The van der Waals surface area contributed by atoms with E-state index in [1.165, 1.54) is 12.8 Å². The van der Waals surface area contributed by atoms with Crippen molar-refractivity contribution in [3.8, 4) is 28.7 Å². The third-order valence-electron chi connectivity index (χ3n) is 5.70. The second kappa shape index (κ2) is 6.56. The Balaban J connectivity index is 1.31. The molecule has 3 atom stereocenters. The van der Waals surface area contributed by atoms with E-state index in [9.17, 15) is 5.11 Å². The standard InChI is InChI=1S/C20H22N6O2/c1-20-5-4-13(23-20)8-15(10-20)28-19-22-11-17(24-25-19)16-3-2-14(9-18(16)27)26-7-6-21-12-26/h2-3,6-7,9,11-13,15,23,27H,4-5,8,10H2,1H3/t13-,15-,20+/m1/s1. The number of aromatic nitrogens is 5. The van der Waals surface area contributed by atoms with Gasteiger partial charge in [-0.1, -0.05) is 5.10 Å². The zero-order chi connectivity index (χ0) is 19.1. The summed E-state index contributed by atoms with van der Waals surface area (Å²) in [6.07, 6.45) is 11.2. The molecule has 0 radical (unpaired) electrons. The normalized spacial score (nSPS) is 26.3. The lowest BCUT2D eigenvalue weighted by molar-refractivity contribution is 0.0976. The molecule has 0 amide bonds. The molecule has 144 valence electrons. The largest absolute Gasteiger partial charge is 0.507 e. The molecule has 2 bridgehead atoms. The van der Waals surface area contributed by atoms with Gasteiger partial charge in [0.25, 0.3) is 0 Å². The highest BCUT2D eigenvalue weighted by Gasteiger charge is 2.42. The topological polar surface area (TPSA) is 98.0 Å². The van der Waals surface area contributed by atoms with Crippen molar-refractivity contribution in [1.29, 1.82) is 0 Å². The van der Waals surface area contributed by atoms with Gasteiger partial charge in [0.1, 0.15) is 17.5 Å². The maximum atomic E-state index is 10.4. The van der Waals surface area contributed by atoms with Crippen LogP contribution in [0.25, 0.3) is 16.9 Å². The van der Waals surface area contributed by atoms with Crippen LogP contribution in [0.5, 0.6) is 11.8 Å². The zero-order valence-corrected chi connectivity index (χ0v) is 15.6. The summed E-state index contributed by atoms with van der Waals surface area (Å²) in [5, 5.41) is 22.4. The summed E-state index contributed by atoms with van der Waals surface area (Å²) in [5.41, 5.74) is 2.04. The van der Waals surface area contributed by atoms with Gasteiger partial charge in [-0.05, 0) is 38.3 Å². The van der Waals surface area contributed by atoms with Crippen molar-refractivity contribution in [3.05, 3.63) is 43.1 Å². The van der Waals surface area contributed by atoms with Crippen LogP contribution >= 0.6 is 0 Å². The highest BCUT2D eigenvalue weighted by molar-refractivity contribution is 5.67. The van der Waals surface area contributed by atoms with Crippen LogP contribution in [0.2, 0.25) is 0 Å². The number of rotatable bonds is 4. The number of benzene rings is 1. The van der Waals surface area contributed by atoms with Crippen molar-refractivity contribution in [2.75, 3.05) is 0 Å². The van der Waals surface area contributed by atoms with Gasteiger partial charge in [-0.25, -0.2) is 9.97 Å². The zero-order valence-electron chi connectivity index (χ0n) is 15.6. The number of hydrogen-bond donors (Lipinski definition) is 2. The molecule has 0 spiro atoms. The molecule has 2 aromatic heterocycles. The van der Waals surface area contributed by atoms with Gasteiger partial charge in [0.15, 0.2) is 0 Å². The number of imidazole rings is 1. The number of aromatic hydroxyl groups is 1. The number of fused-ring (bicyclic) bond motifs is 2. The van der Waals surface area contributed by atoms with Gasteiger partial charge >= 0.3 is 6.01 Å². The molecule has 2 saturated heterocycles. The smallest absolute Gasteiger partial charge is 0.335 e. The molecule has 3 aromatic rings. The summed E-state index contributed by atoms with van der Waals surface area (Å²) in [7, 11) is 0. The van der Waals surface area contributed by atoms with E-state index in [1.54, 1.807) is 30.9 Å². The average molecular weight is 378 g/mol. The molecule has 4 heterocycles. The van der Waals surface area contributed by atoms with E-state index >= 15 is 0 Å². The number of nitrogens with zero attached hydrogens (tertiary/aromatic N) is 5. The summed E-state index contributed by atoms with van der Waals surface area (Å²) in [4.78, 5) is 8.33. The minimum absolute atomic E-state index is 0.106. The van der Waals surface area contributed by atoms with Crippen LogP contribution in [0.1, 0.15) is 32.6 Å². The predicted molar refractivity (Wildman–Crippen MR) is 102 cm³/mol. The summed E-state index contributed by atoms with van der Waals surface area (Å²) in [6, 6.07) is 6.14. The minimum Gasteiger partial charge on any atom is -0.507 e. The van der Waals surface area contributed by atoms with Crippen molar-refractivity contribution in [3.63, 3.8) is 0 Å². The summed E-state index contributed by atoms with van der Waals surface area (Å²) >= 11 is 0. The number of nitrogens with one attached hydrogen (secondary N) is 1. The lowest BCUT2D eigenvalue weighted by atomic mass is 9.91. The average Bonchev–Trinajstić information content (AvgIpc) is 3.30. The summed E-state index contributed by atoms with van der Waals surface area (Å²) in [6.45, 7) is 2.25. The minimum atomic E-state index is 0.106. The second-order valence-corrected chi connectivity index (χ2v) is 7.92. The Morgan fingerprint density at radius 2 is 2.25 bits per heavy atom. The van der Waals surface area contributed by atoms with Crippen LogP contribution in [0, 0.1) is 0 Å². The van der Waals surface area contributed by atoms with Crippen LogP contribution < -0.4 is 10.1 Å². The van der Waals surface area contributed by atoms with Crippen molar-refractivity contribution in [2.24, 2.45) is 0 Å². The molecule has 0 saturated carbocycles. The van der Waals surface area contributed by atoms with E-state index in [2.05, 4.69) is 32.4 Å². The number of phenols is 1. The molecular formula is C20H22N6O2. The summed E-state index contributed by atoms with van der Waals surface area (Å²) in [5.74, 6) is 0.110. The molecule has 0 unspecified atom stereocenters. The molecule has 8 heteroatoms. The molecule has 1 aromatic carbocycles. The van der Waals surface area contributed by atoms with E-state index in [1.807, 2.05) is 16.8 Å². The Hall–Kier alpha value is -3.00. The second-order valence-electron chi connectivity index (χ2n) is 7.92. The van der Waals surface area contributed by atoms with Gasteiger partial charge in [-0.2, -0.15) is 0 Å². The number of phenolic OH excluding ortho intramolecular Hbond substituents is 1. The Morgan fingerprint density at radius 3 is 2.96 bits per heavy atom. The SMILES string of the molecule is C[C@]12CC[C@H](C[C@@H](Oc3ncc(-c4ccc(-n5ccnc5)cc4O)nn3)C1)N2. The van der Waals surface area contributed by atoms with Crippen LogP contribution in [0.4, 0.5) is 0 Å². The fourth-order valence-electron chi connectivity index (χ4n) is 4.36. The lowest BCUT2D eigenvalue weighted by Crippen LogP contribution is -2.50. The Labute approximate surface area is 162 Å². The fraction of sp³-hybridized carbons (Fsp3) is 0.400. The molecule has 2 aliphatic heterocycles.